The molecule has 0 amide bonds. The molecular formula is C20H19NO5S. The number of fused-ring (bicyclic) bond motifs is 1. The number of aromatic nitrogens is 1. The van der Waals surface area contributed by atoms with Gasteiger partial charge >= 0.3 is 11.9 Å². The van der Waals surface area contributed by atoms with E-state index in [0.717, 1.165) is 10.1 Å². The van der Waals surface area contributed by atoms with E-state index in [2.05, 4.69) is 4.98 Å². The highest BCUT2D eigenvalue weighted by Crippen LogP contribution is 2.26. The van der Waals surface area contributed by atoms with Crippen molar-refractivity contribution in [1.29, 1.82) is 0 Å². The number of thiophene rings is 1. The maximum Gasteiger partial charge on any atom is 0.349 e. The van der Waals surface area contributed by atoms with Crippen molar-refractivity contribution in [1.82, 2.24) is 4.98 Å². The predicted molar refractivity (Wildman–Crippen MR) is 103 cm³/mol. The van der Waals surface area contributed by atoms with Crippen LogP contribution in [-0.4, -0.2) is 35.9 Å². The van der Waals surface area contributed by atoms with Gasteiger partial charge < -0.3 is 14.5 Å². The van der Waals surface area contributed by atoms with E-state index >= 15 is 0 Å². The van der Waals surface area contributed by atoms with Gasteiger partial charge in [0.2, 0.25) is 5.78 Å². The molecule has 7 heteroatoms. The van der Waals surface area contributed by atoms with Crippen molar-refractivity contribution < 1.29 is 23.9 Å². The zero-order chi connectivity index (χ0) is 19.7. The fourth-order valence-corrected chi connectivity index (χ4v) is 3.91. The molecule has 0 unspecified atom stereocenters. The van der Waals surface area contributed by atoms with Gasteiger partial charge in [0.15, 0.2) is 6.10 Å². The van der Waals surface area contributed by atoms with E-state index < -0.39 is 23.8 Å². The molecule has 0 saturated carbocycles. The summed E-state index contributed by atoms with van der Waals surface area (Å²) >= 11 is 1.32. The topological polar surface area (TPSA) is 85.5 Å². The van der Waals surface area contributed by atoms with Crippen molar-refractivity contribution in [3.63, 3.8) is 0 Å². The fourth-order valence-electron chi connectivity index (χ4n) is 2.96. The van der Waals surface area contributed by atoms with Crippen LogP contribution in [0, 0.1) is 13.8 Å². The average molecular weight is 385 g/mol. The van der Waals surface area contributed by atoms with Crippen LogP contribution >= 0.6 is 11.3 Å². The van der Waals surface area contributed by atoms with Crippen molar-refractivity contribution in [3.05, 3.63) is 57.7 Å². The molecule has 0 fully saturated rings. The minimum absolute atomic E-state index is 0.240. The van der Waals surface area contributed by atoms with E-state index in [-0.39, 0.29) is 5.69 Å². The number of aryl methyl sites for hydroxylation is 1. The minimum Gasteiger partial charge on any atom is -0.465 e. The van der Waals surface area contributed by atoms with E-state index in [1.807, 2.05) is 24.3 Å². The van der Waals surface area contributed by atoms with Gasteiger partial charge in [0.05, 0.1) is 18.4 Å². The number of benzene rings is 1. The number of rotatable bonds is 5. The summed E-state index contributed by atoms with van der Waals surface area (Å²) in [7, 11) is 1.28. The van der Waals surface area contributed by atoms with Crippen LogP contribution in [0.2, 0.25) is 0 Å². The number of ketones is 1. The third-order valence-corrected chi connectivity index (χ3v) is 5.45. The molecule has 1 aromatic carbocycles. The van der Waals surface area contributed by atoms with Gasteiger partial charge in [-0.1, -0.05) is 18.2 Å². The molecule has 0 aliphatic rings. The quantitative estimate of drug-likeness (QED) is 0.529. The normalized spacial score (nSPS) is 12.0. The molecule has 1 N–H and O–H groups in total. The summed E-state index contributed by atoms with van der Waals surface area (Å²) in [6, 6.07) is 9.38. The summed E-state index contributed by atoms with van der Waals surface area (Å²) in [5.74, 6) is -1.47. The van der Waals surface area contributed by atoms with Crippen LogP contribution in [0.4, 0.5) is 0 Å². The number of hydrogen-bond acceptors (Lipinski definition) is 6. The first-order valence-electron chi connectivity index (χ1n) is 8.34. The van der Waals surface area contributed by atoms with E-state index in [9.17, 15) is 14.4 Å². The second-order valence-electron chi connectivity index (χ2n) is 6.18. The lowest BCUT2D eigenvalue weighted by Crippen LogP contribution is -2.25. The first-order chi connectivity index (χ1) is 12.8. The first kappa shape index (κ1) is 18.8. The van der Waals surface area contributed by atoms with Crippen molar-refractivity contribution in [2.75, 3.05) is 7.11 Å². The number of hydrogen-bond donors (Lipinski definition) is 1. The van der Waals surface area contributed by atoms with Crippen LogP contribution < -0.4 is 0 Å². The van der Waals surface area contributed by atoms with Crippen LogP contribution in [0.15, 0.2) is 30.3 Å². The molecule has 3 rings (SSSR count). The molecule has 0 radical (unpaired) electrons. The third-order valence-electron chi connectivity index (χ3n) is 4.35. The number of carbonyl (C=O) groups is 3. The molecular weight excluding hydrogens is 366 g/mol. The SMILES string of the molecule is COC(=O)c1c(C)[nH]c(C(=O)[C@@H](C)OC(=O)c2cc3ccccc3s2)c1C. The van der Waals surface area contributed by atoms with Crippen molar-refractivity contribution >= 4 is 39.1 Å². The second kappa shape index (κ2) is 7.36. The second-order valence-corrected chi connectivity index (χ2v) is 7.26. The summed E-state index contributed by atoms with van der Waals surface area (Å²) < 4.78 is 11.1. The average Bonchev–Trinajstić information content (AvgIpc) is 3.21. The first-order valence-corrected chi connectivity index (χ1v) is 9.16. The highest BCUT2D eigenvalue weighted by Gasteiger charge is 2.28. The molecule has 1 atom stereocenters. The molecule has 140 valence electrons. The Hall–Kier alpha value is -2.93. The highest BCUT2D eigenvalue weighted by molar-refractivity contribution is 7.20. The van der Waals surface area contributed by atoms with Crippen LogP contribution in [0.3, 0.4) is 0 Å². The monoisotopic (exact) mass is 385 g/mol. The zero-order valence-electron chi connectivity index (χ0n) is 15.4. The number of carbonyl (C=O) groups excluding carboxylic acids is 3. The smallest absolute Gasteiger partial charge is 0.349 e. The van der Waals surface area contributed by atoms with Crippen LogP contribution in [0.1, 0.15) is 48.7 Å². The van der Waals surface area contributed by atoms with Gasteiger partial charge in [-0.15, -0.1) is 11.3 Å². The molecule has 0 bridgehead atoms. The van der Waals surface area contributed by atoms with Gasteiger partial charge in [0, 0.05) is 10.4 Å². The van der Waals surface area contributed by atoms with Crippen LogP contribution in [0.25, 0.3) is 10.1 Å². The van der Waals surface area contributed by atoms with Gasteiger partial charge in [-0.25, -0.2) is 9.59 Å². The standard InChI is InChI=1S/C20H19NO5S/c1-10-16(20(24)25-4)11(2)21-17(10)18(22)12(3)26-19(23)15-9-13-7-5-6-8-14(13)27-15/h5-9,12,21H,1-4H3/t12-/m1/s1. The number of nitrogens with one attached hydrogen (secondary N) is 1. The molecule has 0 spiro atoms. The Balaban J connectivity index is 1.79. The Labute approximate surface area is 160 Å². The molecule has 0 aliphatic heterocycles. The van der Waals surface area contributed by atoms with Gasteiger partial charge in [-0.3, -0.25) is 4.79 Å². The fraction of sp³-hybridized carbons (Fsp3) is 0.250. The van der Waals surface area contributed by atoms with E-state index in [4.69, 9.17) is 9.47 Å². The summed E-state index contributed by atoms with van der Waals surface area (Å²) in [6.07, 6.45) is -0.995. The Morgan fingerprint density at radius 3 is 2.48 bits per heavy atom. The molecule has 0 saturated heterocycles. The summed E-state index contributed by atoms with van der Waals surface area (Å²) in [5.41, 5.74) is 1.58. The molecule has 6 nitrogen and oxygen atoms in total. The Kier molecular flexibility index (Phi) is 5.14. The van der Waals surface area contributed by atoms with E-state index in [1.54, 1.807) is 19.9 Å². The number of methoxy groups -OCH3 is 1. The molecule has 2 aromatic heterocycles. The van der Waals surface area contributed by atoms with Crippen LogP contribution in [-0.2, 0) is 9.47 Å². The lowest BCUT2D eigenvalue weighted by atomic mass is 10.1. The minimum atomic E-state index is -0.995. The molecule has 3 aromatic rings. The number of aromatic amines is 1. The summed E-state index contributed by atoms with van der Waals surface area (Å²) in [6.45, 7) is 4.86. The Morgan fingerprint density at radius 2 is 1.81 bits per heavy atom. The van der Waals surface area contributed by atoms with Gasteiger partial charge in [-0.05, 0) is 43.9 Å². The lowest BCUT2D eigenvalue weighted by molar-refractivity contribution is 0.0321. The van der Waals surface area contributed by atoms with Gasteiger partial charge in [0.25, 0.3) is 0 Å². The van der Waals surface area contributed by atoms with E-state index in [0.29, 0.717) is 21.7 Å². The van der Waals surface area contributed by atoms with Gasteiger partial charge in [-0.2, -0.15) is 0 Å². The molecule has 0 aliphatic carbocycles. The number of H-pyrrole nitrogens is 1. The summed E-state index contributed by atoms with van der Waals surface area (Å²) in [5, 5.41) is 0.951. The third kappa shape index (κ3) is 3.50. The van der Waals surface area contributed by atoms with Crippen molar-refractivity contribution in [2.45, 2.75) is 26.9 Å². The van der Waals surface area contributed by atoms with E-state index in [1.165, 1.54) is 25.4 Å². The number of esters is 2. The maximum atomic E-state index is 12.7. The van der Waals surface area contributed by atoms with Crippen LogP contribution in [0.5, 0.6) is 0 Å². The Morgan fingerprint density at radius 1 is 1.11 bits per heavy atom. The lowest BCUT2D eigenvalue weighted by Gasteiger charge is -2.11. The highest BCUT2D eigenvalue weighted by atomic mass is 32.1. The number of ether oxygens (including phenoxy) is 2. The largest absolute Gasteiger partial charge is 0.465 e. The predicted octanol–water partition coefficient (Wildman–Crippen LogP) is 4.06. The number of Topliss-reactive ketones (excluding diaryl/α,β-unsaturated/α-hetero) is 1. The molecule has 2 heterocycles. The van der Waals surface area contributed by atoms with Gasteiger partial charge in [0.1, 0.15) is 4.88 Å². The van der Waals surface area contributed by atoms with Crippen molar-refractivity contribution in [3.8, 4) is 0 Å². The maximum absolute atomic E-state index is 12.7. The Bertz CT molecular complexity index is 1010. The molecule has 27 heavy (non-hydrogen) atoms. The summed E-state index contributed by atoms with van der Waals surface area (Å²) in [4.78, 5) is 40.4. The van der Waals surface area contributed by atoms with Crippen molar-refractivity contribution in [2.24, 2.45) is 0 Å². The zero-order valence-corrected chi connectivity index (χ0v) is 16.2.